The van der Waals surface area contributed by atoms with Gasteiger partial charge in [-0.3, -0.25) is 15.0 Å². The number of likely N-dealkylation sites (N-methyl/N-ethyl adjacent to an activating group) is 1. The second-order valence-electron chi connectivity index (χ2n) is 9.69. The van der Waals surface area contributed by atoms with Crippen LogP contribution < -0.4 is 5.32 Å². The minimum atomic E-state index is -1.19. The highest BCUT2D eigenvalue weighted by molar-refractivity contribution is 5.99. The van der Waals surface area contributed by atoms with Crippen LogP contribution in [0.2, 0.25) is 0 Å². The highest BCUT2D eigenvalue weighted by Gasteiger charge is 2.40. The molecule has 10 heteroatoms. The quantitative estimate of drug-likeness (QED) is 0.203. The van der Waals surface area contributed by atoms with Crippen molar-refractivity contribution in [1.82, 2.24) is 10.2 Å². The highest BCUT2D eigenvalue weighted by Crippen LogP contribution is 2.40. The second-order valence-corrected chi connectivity index (χ2v) is 9.69. The van der Waals surface area contributed by atoms with Gasteiger partial charge in [0.05, 0.1) is 23.5 Å². The number of hydrogen-bond acceptors (Lipinski definition) is 9. The average molecular weight is 558 g/mol. The number of dihydropyridines is 1. The number of rotatable bonds is 10. The van der Waals surface area contributed by atoms with Gasteiger partial charge in [-0.1, -0.05) is 72.8 Å². The van der Waals surface area contributed by atoms with E-state index in [1.165, 1.54) is 18.2 Å². The Kier molecular flexibility index (Phi) is 9.15. The molecule has 3 aromatic rings. The van der Waals surface area contributed by atoms with Crippen LogP contribution in [-0.4, -0.2) is 47.6 Å². The number of ether oxygens (including phenoxy) is 2. The van der Waals surface area contributed by atoms with E-state index in [1.807, 2.05) is 72.6 Å². The molecule has 1 heterocycles. The predicted molar refractivity (Wildman–Crippen MR) is 151 cm³/mol. The number of carbonyl (C=O) groups is 2. The van der Waals surface area contributed by atoms with Gasteiger partial charge >= 0.3 is 11.9 Å². The van der Waals surface area contributed by atoms with E-state index in [1.54, 1.807) is 13.0 Å². The Labute approximate surface area is 237 Å². The fraction of sp³-hybridized carbons (Fsp3) is 0.226. The number of nitrogens with one attached hydrogen (secondary N) is 1. The molecule has 0 saturated heterocycles. The lowest BCUT2D eigenvalue weighted by atomic mass is 9.81. The molecule has 0 aromatic heterocycles. The van der Waals surface area contributed by atoms with Gasteiger partial charge in [-0.2, -0.15) is 0 Å². The zero-order valence-corrected chi connectivity index (χ0v) is 22.9. The number of nitrogens with zero attached hydrogens (tertiary/aromatic N) is 2. The number of hydrogen-bond donors (Lipinski definition) is 2. The molecule has 41 heavy (non-hydrogen) atoms. The number of methoxy groups -OCH3 is 1. The molecule has 2 atom stereocenters. The smallest absolute Gasteiger partial charge is 0.340 e. The third-order valence-electron chi connectivity index (χ3n) is 6.78. The molecular formula is C31H31N3O7. The van der Waals surface area contributed by atoms with E-state index in [4.69, 9.17) is 9.47 Å². The molecule has 0 bridgehead atoms. The number of benzene rings is 3. The maximum absolute atomic E-state index is 14.0. The lowest BCUT2D eigenvalue weighted by molar-refractivity contribution is -0.384. The van der Waals surface area contributed by atoms with E-state index in [2.05, 4.69) is 5.32 Å². The molecule has 0 amide bonds. The molecule has 0 saturated carbocycles. The minimum absolute atomic E-state index is 0.0235. The Balaban J connectivity index is 1.71. The first-order chi connectivity index (χ1) is 19.7. The van der Waals surface area contributed by atoms with Crippen molar-refractivity contribution >= 4 is 17.6 Å². The number of aliphatic hydroxyl groups excluding tert-OH is 1. The molecule has 2 N–H and O–H groups in total. The van der Waals surface area contributed by atoms with Crippen molar-refractivity contribution in [2.75, 3.05) is 20.7 Å². The fourth-order valence-corrected chi connectivity index (χ4v) is 4.87. The molecule has 2 unspecified atom stereocenters. The van der Waals surface area contributed by atoms with Crippen LogP contribution >= 0.6 is 0 Å². The van der Waals surface area contributed by atoms with Crippen molar-refractivity contribution < 1.29 is 29.1 Å². The zero-order chi connectivity index (χ0) is 29.5. The van der Waals surface area contributed by atoms with E-state index in [0.717, 1.165) is 18.2 Å². The summed E-state index contributed by atoms with van der Waals surface area (Å²) in [7, 11) is 3.07. The molecule has 0 spiro atoms. The summed E-state index contributed by atoms with van der Waals surface area (Å²) in [6.45, 7) is 2.53. The Morgan fingerprint density at radius 3 is 2.29 bits per heavy atom. The normalized spacial score (nSPS) is 15.8. The molecule has 1 aliphatic heterocycles. The SMILES string of the molecule is COC(=O)C1=C(O)NC(C)=C(C(=O)OC(CN(C)Cc2ccccc2)c2ccccc2)C1c1cccc([N+](=O)[O-])c1. The van der Waals surface area contributed by atoms with Crippen molar-refractivity contribution in [1.29, 1.82) is 0 Å². The molecule has 0 fully saturated rings. The molecular weight excluding hydrogens is 526 g/mol. The number of nitro benzene ring substituents is 1. The molecule has 212 valence electrons. The number of esters is 2. The molecule has 10 nitrogen and oxygen atoms in total. The number of aliphatic hydroxyl groups is 1. The van der Waals surface area contributed by atoms with Crippen LogP contribution in [0.4, 0.5) is 5.69 Å². The molecule has 3 aromatic carbocycles. The summed E-state index contributed by atoms with van der Waals surface area (Å²) >= 11 is 0. The van der Waals surface area contributed by atoms with Crippen LogP contribution in [0, 0.1) is 10.1 Å². The topological polar surface area (TPSA) is 131 Å². The van der Waals surface area contributed by atoms with Crippen molar-refractivity contribution in [3.63, 3.8) is 0 Å². The van der Waals surface area contributed by atoms with Crippen LogP contribution in [0.15, 0.2) is 108 Å². The summed E-state index contributed by atoms with van der Waals surface area (Å²) in [4.78, 5) is 39.8. The second kappa shape index (κ2) is 12.9. The van der Waals surface area contributed by atoms with Gasteiger partial charge in [0, 0.05) is 30.9 Å². The predicted octanol–water partition coefficient (Wildman–Crippen LogP) is 4.91. The van der Waals surface area contributed by atoms with Gasteiger partial charge in [0.2, 0.25) is 0 Å². The fourth-order valence-electron chi connectivity index (χ4n) is 4.87. The van der Waals surface area contributed by atoms with Gasteiger partial charge in [0.1, 0.15) is 11.7 Å². The van der Waals surface area contributed by atoms with Crippen molar-refractivity contribution in [3.05, 3.63) is 134 Å². The number of nitro groups is 1. The van der Waals surface area contributed by atoms with E-state index in [-0.39, 0.29) is 28.1 Å². The Bertz CT molecular complexity index is 1490. The average Bonchev–Trinajstić information content (AvgIpc) is 2.97. The number of carbonyl (C=O) groups excluding carboxylic acids is 2. The van der Waals surface area contributed by atoms with Crippen molar-refractivity contribution in [2.45, 2.75) is 25.5 Å². The summed E-state index contributed by atoms with van der Waals surface area (Å²) in [5.41, 5.74) is 1.87. The van der Waals surface area contributed by atoms with Crippen LogP contribution in [0.5, 0.6) is 0 Å². The Morgan fingerprint density at radius 2 is 1.66 bits per heavy atom. The molecule has 4 rings (SSSR count). The summed E-state index contributed by atoms with van der Waals surface area (Å²) in [5.74, 6) is -3.34. The van der Waals surface area contributed by atoms with Gasteiger partial charge in [-0.25, -0.2) is 9.59 Å². The largest absolute Gasteiger partial charge is 0.494 e. The van der Waals surface area contributed by atoms with Crippen LogP contribution in [0.25, 0.3) is 0 Å². The standard InChI is InChI=1S/C31H31N3O7/c1-20-26(27(28(29(35)32-20)30(36)40-3)23-15-10-16-24(17-23)34(38)39)31(37)41-25(22-13-8-5-9-14-22)19-33(2)18-21-11-6-4-7-12-21/h4-17,25,27,32,35H,18-19H2,1-3H3. The van der Waals surface area contributed by atoms with E-state index < -0.39 is 34.8 Å². The number of non-ortho nitro benzene ring substituents is 1. The molecule has 1 aliphatic rings. The Morgan fingerprint density at radius 1 is 1.00 bits per heavy atom. The summed E-state index contributed by atoms with van der Waals surface area (Å²) in [6, 6.07) is 24.7. The van der Waals surface area contributed by atoms with Gasteiger partial charge < -0.3 is 19.9 Å². The van der Waals surface area contributed by atoms with E-state index >= 15 is 0 Å². The first-order valence-electron chi connectivity index (χ1n) is 12.9. The summed E-state index contributed by atoms with van der Waals surface area (Å²) in [6.07, 6.45) is -0.690. The lowest BCUT2D eigenvalue weighted by Crippen LogP contribution is -2.34. The zero-order valence-electron chi connectivity index (χ0n) is 22.9. The van der Waals surface area contributed by atoms with Crippen molar-refractivity contribution in [2.24, 2.45) is 0 Å². The maximum Gasteiger partial charge on any atom is 0.340 e. The number of allylic oxidation sites excluding steroid dienone is 1. The van der Waals surface area contributed by atoms with Crippen LogP contribution in [0.3, 0.4) is 0 Å². The monoisotopic (exact) mass is 557 g/mol. The van der Waals surface area contributed by atoms with E-state index in [9.17, 15) is 24.8 Å². The van der Waals surface area contributed by atoms with Gasteiger partial charge in [-0.05, 0) is 30.7 Å². The third kappa shape index (κ3) is 6.79. The highest BCUT2D eigenvalue weighted by atomic mass is 16.6. The van der Waals surface area contributed by atoms with Gasteiger partial charge in [0.15, 0.2) is 5.88 Å². The molecule has 0 radical (unpaired) electrons. The van der Waals surface area contributed by atoms with Gasteiger partial charge in [-0.15, -0.1) is 0 Å². The first-order valence-corrected chi connectivity index (χ1v) is 12.9. The van der Waals surface area contributed by atoms with Gasteiger partial charge in [0.25, 0.3) is 5.69 Å². The summed E-state index contributed by atoms with van der Waals surface area (Å²) in [5, 5.41) is 24.9. The van der Waals surface area contributed by atoms with E-state index in [0.29, 0.717) is 13.1 Å². The van der Waals surface area contributed by atoms with Crippen LogP contribution in [-0.2, 0) is 25.6 Å². The van der Waals surface area contributed by atoms with Crippen LogP contribution in [0.1, 0.15) is 35.6 Å². The Hall–Kier alpha value is -4.96. The third-order valence-corrected chi connectivity index (χ3v) is 6.78. The minimum Gasteiger partial charge on any atom is -0.494 e. The first kappa shape index (κ1) is 29.0. The summed E-state index contributed by atoms with van der Waals surface area (Å²) < 4.78 is 11.0. The molecule has 0 aliphatic carbocycles. The van der Waals surface area contributed by atoms with Crippen molar-refractivity contribution in [3.8, 4) is 0 Å². The maximum atomic E-state index is 14.0. The lowest BCUT2D eigenvalue weighted by Gasteiger charge is -2.31.